The van der Waals surface area contributed by atoms with Gasteiger partial charge in [0.05, 0.1) is 4.47 Å². The minimum absolute atomic E-state index is 0.0302. The summed E-state index contributed by atoms with van der Waals surface area (Å²) in [5.41, 5.74) is 2.81. The van der Waals surface area contributed by atoms with Crippen LogP contribution in [0.15, 0.2) is 50.3 Å². The van der Waals surface area contributed by atoms with Gasteiger partial charge in [-0.05, 0) is 55.5 Å². The number of rotatable bonds is 2. The van der Waals surface area contributed by atoms with E-state index in [1.165, 1.54) is 11.1 Å². The Hall–Kier alpha value is -0.870. The second-order valence-corrected chi connectivity index (χ2v) is 6.33. The van der Waals surface area contributed by atoms with Gasteiger partial charge in [-0.25, -0.2) is 0 Å². The molecule has 1 unspecified atom stereocenters. The smallest absolute Gasteiger partial charge is 0.264 e. The van der Waals surface area contributed by atoms with E-state index in [4.69, 9.17) is 0 Å². The predicted molar refractivity (Wildman–Crippen MR) is 79.0 cm³/mol. The van der Waals surface area contributed by atoms with Crippen LogP contribution in [0.5, 0.6) is 0 Å². The average Bonchev–Trinajstić information content (AvgIpc) is 2.32. The van der Waals surface area contributed by atoms with Gasteiger partial charge in [0.15, 0.2) is 0 Å². The maximum Gasteiger partial charge on any atom is 0.264 e. The number of hydrogen-bond acceptors (Lipinski definition) is 1. The number of hydrogen-bond donors (Lipinski definition) is 0. The fraction of sp³-hybridized carbons (Fsp3) is 0.214. The average molecular weight is 369 g/mol. The Morgan fingerprint density at radius 2 is 2.06 bits per heavy atom. The summed E-state index contributed by atoms with van der Waals surface area (Å²) in [6.45, 7) is 0.744. The van der Waals surface area contributed by atoms with Crippen LogP contribution >= 0.6 is 31.9 Å². The molecule has 0 radical (unpaired) electrons. The highest BCUT2D eigenvalue weighted by atomic mass is 79.9. The van der Waals surface area contributed by atoms with Crippen molar-refractivity contribution < 1.29 is 0 Å². The summed E-state index contributed by atoms with van der Waals surface area (Å²) in [5, 5.41) is 0. The SMILES string of the molecule is O=c1c(Br)cc(Br)cn1CC1Cc2ccccc21. The van der Waals surface area contributed by atoms with Gasteiger partial charge in [0.1, 0.15) is 0 Å². The van der Waals surface area contributed by atoms with Crippen LogP contribution < -0.4 is 5.56 Å². The van der Waals surface area contributed by atoms with Crippen molar-refractivity contribution in [3.8, 4) is 0 Å². The first kappa shape index (κ1) is 12.2. The van der Waals surface area contributed by atoms with Crippen LogP contribution in [0.2, 0.25) is 0 Å². The van der Waals surface area contributed by atoms with Gasteiger partial charge in [-0.3, -0.25) is 4.79 Å². The lowest BCUT2D eigenvalue weighted by Crippen LogP contribution is -2.28. The van der Waals surface area contributed by atoms with Gasteiger partial charge < -0.3 is 4.57 Å². The molecule has 2 nitrogen and oxygen atoms in total. The van der Waals surface area contributed by atoms with Crippen LogP contribution in [0.1, 0.15) is 17.0 Å². The highest BCUT2D eigenvalue weighted by molar-refractivity contribution is 9.11. The Bertz CT molecular complexity index is 663. The molecule has 0 aliphatic heterocycles. The van der Waals surface area contributed by atoms with E-state index < -0.39 is 0 Å². The maximum atomic E-state index is 12.0. The van der Waals surface area contributed by atoms with Gasteiger partial charge in [0.25, 0.3) is 5.56 Å². The van der Waals surface area contributed by atoms with Crippen molar-refractivity contribution in [2.45, 2.75) is 18.9 Å². The molecule has 2 aromatic rings. The molecule has 1 aliphatic rings. The predicted octanol–water partition coefficient (Wildman–Crippen LogP) is 3.71. The third-order valence-electron chi connectivity index (χ3n) is 3.39. The molecule has 0 amide bonds. The standard InChI is InChI=1S/C14H11Br2NO/c15-11-6-13(16)14(18)17(8-11)7-10-5-9-3-1-2-4-12(9)10/h1-4,6,8,10H,5,7H2. The zero-order valence-corrected chi connectivity index (χ0v) is 12.7. The lowest BCUT2D eigenvalue weighted by molar-refractivity contribution is 0.497. The molecule has 1 aromatic heterocycles. The first-order chi connectivity index (χ1) is 8.65. The van der Waals surface area contributed by atoms with Crippen LogP contribution in [-0.4, -0.2) is 4.57 Å². The lowest BCUT2D eigenvalue weighted by atomic mass is 9.77. The summed E-state index contributed by atoms with van der Waals surface area (Å²) >= 11 is 6.71. The van der Waals surface area contributed by atoms with Crippen molar-refractivity contribution in [2.24, 2.45) is 0 Å². The van der Waals surface area contributed by atoms with E-state index in [0.29, 0.717) is 10.4 Å². The Labute approximate surface area is 122 Å². The molecule has 92 valence electrons. The second-order valence-electron chi connectivity index (χ2n) is 4.56. The molecule has 1 heterocycles. The molecular formula is C14H11Br2NO. The molecular weight excluding hydrogens is 358 g/mol. The summed E-state index contributed by atoms with van der Waals surface area (Å²) in [6, 6.07) is 10.2. The minimum Gasteiger partial charge on any atom is -0.313 e. The summed E-state index contributed by atoms with van der Waals surface area (Å²) in [7, 11) is 0. The van der Waals surface area contributed by atoms with Crippen LogP contribution in [0, 0.1) is 0 Å². The van der Waals surface area contributed by atoms with Gasteiger partial charge >= 0.3 is 0 Å². The molecule has 0 saturated heterocycles. The summed E-state index contributed by atoms with van der Waals surface area (Å²) in [4.78, 5) is 12.0. The second kappa shape index (κ2) is 4.67. The summed E-state index contributed by atoms with van der Waals surface area (Å²) in [6.07, 6.45) is 2.92. The molecule has 4 heteroatoms. The van der Waals surface area contributed by atoms with E-state index >= 15 is 0 Å². The van der Waals surface area contributed by atoms with Gasteiger partial charge in [-0.1, -0.05) is 24.3 Å². The van der Waals surface area contributed by atoms with Crippen LogP contribution in [-0.2, 0) is 13.0 Å². The van der Waals surface area contributed by atoms with Crippen molar-refractivity contribution >= 4 is 31.9 Å². The van der Waals surface area contributed by atoms with E-state index in [1.54, 1.807) is 10.6 Å². The fourth-order valence-corrected chi connectivity index (χ4v) is 3.72. The Kier molecular flexibility index (Phi) is 3.16. The van der Waals surface area contributed by atoms with Gasteiger partial charge in [0, 0.05) is 23.1 Å². The van der Waals surface area contributed by atoms with Crippen molar-refractivity contribution in [2.75, 3.05) is 0 Å². The largest absolute Gasteiger partial charge is 0.313 e. The van der Waals surface area contributed by atoms with Gasteiger partial charge in [0.2, 0.25) is 0 Å². The Morgan fingerprint density at radius 1 is 1.28 bits per heavy atom. The van der Waals surface area contributed by atoms with Crippen LogP contribution in [0.3, 0.4) is 0 Å². The Balaban J connectivity index is 1.90. The molecule has 0 fully saturated rings. The number of nitrogens with zero attached hydrogens (tertiary/aromatic N) is 1. The van der Waals surface area contributed by atoms with Crippen molar-refractivity contribution in [1.82, 2.24) is 4.57 Å². The zero-order valence-electron chi connectivity index (χ0n) is 9.57. The highest BCUT2D eigenvalue weighted by Gasteiger charge is 2.25. The summed E-state index contributed by atoms with van der Waals surface area (Å²) in [5.74, 6) is 0.458. The van der Waals surface area contributed by atoms with E-state index in [9.17, 15) is 4.79 Å². The molecule has 0 N–H and O–H groups in total. The number of halogens is 2. The van der Waals surface area contributed by atoms with E-state index in [-0.39, 0.29) is 5.56 Å². The van der Waals surface area contributed by atoms with Crippen molar-refractivity contribution in [1.29, 1.82) is 0 Å². The van der Waals surface area contributed by atoms with E-state index in [1.807, 2.05) is 6.20 Å². The molecule has 0 bridgehead atoms. The van der Waals surface area contributed by atoms with Crippen molar-refractivity contribution in [3.05, 3.63) is 67.0 Å². The third kappa shape index (κ3) is 2.08. The molecule has 0 saturated carbocycles. The molecule has 1 atom stereocenters. The number of aromatic nitrogens is 1. The summed E-state index contributed by atoms with van der Waals surface area (Å²) < 4.78 is 3.29. The molecule has 1 aliphatic carbocycles. The van der Waals surface area contributed by atoms with Crippen LogP contribution in [0.4, 0.5) is 0 Å². The minimum atomic E-state index is 0.0302. The highest BCUT2D eigenvalue weighted by Crippen LogP contribution is 2.35. The quantitative estimate of drug-likeness (QED) is 0.791. The normalized spacial score (nSPS) is 17.1. The molecule has 3 rings (SSSR count). The number of fused-ring (bicyclic) bond motifs is 1. The fourth-order valence-electron chi connectivity index (χ4n) is 2.46. The first-order valence-corrected chi connectivity index (χ1v) is 7.37. The maximum absolute atomic E-state index is 12.0. The molecule has 18 heavy (non-hydrogen) atoms. The monoisotopic (exact) mass is 367 g/mol. The molecule has 0 spiro atoms. The lowest BCUT2D eigenvalue weighted by Gasteiger charge is -2.30. The zero-order chi connectivity index (χ0) is 12.7. The first-order valence-electron chi connectivity index (χ1n) is 5.78. The van der Waals surface area contributed by atoms with Crippen molar-refractivity contribution in [3.63, 3.8) is 0 Å². The Morgan fingerprint density at radius 3 is 2.83 bits per heavy atom. The topological polar surface area (TPSA) is 22.0 Å². The van der Waals surface area contributed by atoms with Gasteiger partial charge in [-0.15, -0.1) is 0 Å². The third-order valence-corrected chi connectivity index (χ3v) is 4.39. The van der Waals surface area contributed by atoms with E-state index in [0.717, 1.165) is 17.4 Å². The molecule has 1 aromatic carbocycles. The number of benzene rings is 1. The van der Waals surface area contributed by atoms with E-state index in [2.05, 4.69) is 56.1 Å². The number of pyridine rings is 1. The van der Waals surface area contributed by atoms with Gasteiger partial charge in [-0.2, -0.15) is 0 Å². The van der Waals surface area contributed by atoms with Crippen LogP contribution in [0.25, 0.3) is 0 Å².